The molecular weight excluding hydrogens is 901 g/mol. The van der Waals surface area contributed by atoms with Gasteiger partial charge in [-0.2, -0.15) is 4.68 Å². The van der Waals surface area contributed by atoms with E-state index < -0.39 is 41.1 Å². The Kier molecular flexibility index (Phi) is 11.9. The Labute approximate surface area is 401 Å². The van der Waals surface area contributed by atoms with Gasteiger partial charge in [0, 0.05) is 0 Å². The van der Waals surface area contributed by atoms with E-state index in [1.807, 2.05) is 59.6 Å². The number of hydrogen-bond acceptors (Lipinski definition) is 11. The average Bonchev–Trinajstić information content (AvgIpc) is 3.47. The van der Waals surface area contributed by atoms with E-state index in [0.29, 0.717) is 53.0 Å². The fraction of sp³-hybridized carbons (Fsp3) is 0.216. The van der Waals surface area contributed by atoms with Gasteiger partial charge in [0.25, 0.3) is 5.56 Å². The molecule has 1 aliphatic carbocycles. The summed E-state index contributed by atoms with van der Waals surface area (Å²) in [5.74, 6) is -4.82. The summed E-state index contributed by atoms with van der Waals surface area (Å²) in [6.45, 7) is -0.452. The highest BCUT2D eigenvalue weighted by molar-refractivity contribution is 7.81. The van der Waals surface area contributed by atoms with Crippen LogP contribution in [0.2, 0.25) is 0 Å². The number of carbonyl (C=O) groups excluding carboxylic acids is 4. The molecule has 67 heavy (non-hydrogen) atoms. The van der Waals surface area contributed by atoms with E-state index in [1.54, 1.807) is 108 Å². The third kappa shape index (κ3) is 7.83. The first-order valence-electron chi connectivity index (χ1n) is 22.2. The van der Waals surface area contributed by atoms with Crippen LogP contribution in [0.15, 0.2) is 162 Å². The van der Waals surface area contributed by atoms with Gasteiger partial charge in [-0.05, 0) is 110 Å². The van der Waals surface area contributed by atoms with Gasteiger partial charge in [-0.25, -0.2) is 0 Å². The number of thiazole rings is 1. The van der Waals surface area contributed by atoms with Gasteiger partial charge in [0.05, 0.1) is 40.4 Å². The lowest BCUT2D eigenvalue weighted by Crippen LogP contribution is -2.74. The van der Waals surface area contributed by atoms with E-state index in [-0.39, 0.29) is 33.7 Å². The Morgan fingerprint density at radius 1 is 0.522 bits per heavy atom. The lowest BCUT2D eigenvalue weighted by molar-refractivity contribution is -0.134. The van der Waals surface area contributed by atoms with Crippen molar-refractivity contribution in [2.75, 3.05) is 37.7 Å². The van der Waals surface area contributed by atoms with Gasteiger partial charge < -0.3 is 0 Å². The summed E-state index contributed by atoms with van der Waals surface area (Å²) in [7, 11) is 0. The highest BCUT2D eigenvalue weighted by atomic mass is 32.1. The van der Waals surface area contributed by atoms with E-state index >= 15 is 24.0 Å². The number of aromatic nitrogens is 1. The summed E-state index contributed by atoms with van der Waals surface area (Å²) in [4.78, 5) is 81.3. The number of benzene rings is 5. The molecule has 6 aromatic rings. The van der Waals surface area contributed by atoms with Gasteiger partial charge in [0.1, 0.15) is 17.5 Å². The molecule has 3 fully saturated rings. The Hall–Kier alpha value is -7.14. The molecule has 0 atom stereocenters. The summed E-state index contributed by atoms with van der Waals surface area (Å²) < 4.78 is 1.89. The number of para-hydroxylation sites is 4. The highest BCUT2D eigenvalue weighted by Gasteiger charge is 2.54. The molecule has 5 aromatic carbocycles. The Morgan fingerprint density at radius 2 is 0.896 bits per heavy atom. The second kappa shape index (κ2) is 18.3. The molecule has 1 spiro atoms. The van der Waals surface area contributed by atoms with Gasteiger partial charge in [-0.3, -0.25) is 53.6 Å². The van der Waals surface area contributed by atoms with Gasteiger partial charge in [0.2, 0.25) is 28.4 Å². The second-order valence-corrected chi connectivity index (χ2v) is 18.5. The SMILES string of the molecule is O=C1C(CN2N=c3s/c(=C/c4ccccc4)c(=O)n3N(CC3C(=O)N(c4ccccc4)C(=S)N(c4ccccc4)C3=O)C23CCCCCC3)C(=O)N(c2ccccc2)C(=S)N1c1ccccc1. The molecule has 4 aliphatic rings. The Morgan fingerprint density at radius 3 is 1.30 bits per heavy atom. The monoisotopic (exact) mass is 944 g/mol. The van der Waals surface area contributed by atoms with Crippen LogP contribution in [0.5, 0.6) is 0 Å². The third-order valence-corrected chi connectivity index (χ3v) is 14.5. The maximum atomic E-state index is 15.2. The number of nitrogens with zero attached hydrogens (tertiary/aromatic N) is 8. The van der Waals surface area contributed by atoms with Crippen molar-refractivity contribution in [2.45, 2.75) is 44.2 Å². The van der Waals surface area contributed by atoms with Gasteiger partial charge in [-0.1, -0.05) is 127 Å². The van der Waals surface area contributed by atoms with Crippen LogP contribution in [0.4, 0.5) is 22.7 Å². The van der Waals surface area contributed by atoms with Crippen LogP contribution in [0.3, 0.4) is 0 Å². The first kappa shape index (κ1) is 43.7. The highest BCUT2D eigenvalue weighted by Crippen LogP contribution is 2.40. The number of amides is 4. The molecule has 1 aromatic heterocycles. The zero-order valence-corrected chi connectivity index (χ0v) is 38.6. The van der Waals surface area contributed by atoms with Crippen molar-refractivity contribution in [3.05, 3.63) is 177 Å². The number of rotatable bonds is 9. The van der Waals surface area contributed by atoms with Gasteiger partial charge >= 0.3 is 0 Å². The summed E-state index contributed by atoms with van der Waals surface area (Å²) in [6, 6.07) is 45.4. The minimum absolute atomic E-state index is 0.00872. The molecule has 4 amide bonds. The Bertz CT molecular complexity index is 2950. The fourth-order valence-corrected chi connectivity index (χ4v) is 11.3. The number of anilines is 4. The smallest absolute Gasteiger partial charge is 0.279 e. The fourth-order valence-electron chi connectivity index (χ4n) is 9.56. The van der Waals surface area contributed by atoms with Crippen LogP contribution in [-0.4, -0.2) is 62.3 Å². The minimum Gasteiger partial charge on any atom is -0.279 e. The zero-order valence-electron chi connectivity index (χ0n) is 36.2. The van der Waals surface area contributed by atoms with Crippen molar-refractivity contribution >= 4 is 98.5 Å². The number of fused-ring (bicyclic) bond motifs is 1. The van der Waals surface area contributed by atoms with Crippen molar-refractivity contribution in [3.8, 4) is 0 Å². The van der Waals surface area contributed by atoms with Crippen LogP contribution in [0.25, 0.3) is 6.08 Å². The molecule has 3 aliphatic heterocycles. The van der Waals surface area contributed by atoms with Crippen molar-refractivity contribution in [3.63, 3.8) is 0 Å². The van der Waals surface area contributed by atoms with Crippen LogP contribution in [-0.2, 0) is 19.2 Å². The van der Waals surface area contributed by atoms with Crippen molar-refractivity contribution in [2.24, 2.45) is 16.9 Å². The van der Waals surface area contributed by atoms with E-state index in [2.05, 4.69) is 0 Å². The molecule has 0 bridgehead atoms. The van der Waals surface area contributed by atoms with E-state index in [1.165, 1.54) is 24.3 Å². The molecule has 10 rings (SSSR count). The Balaban J connectivity index is 1.15. The second-order valence-electron chi connectivity index (χ2n) is 16.8. The molecule has 2 saturated heterocycles. The summed E-state index contributed by atoms with van der Waals surface area (Å²) in [5, 5.41) is 8.92. The summed E-state index contributed by atoms with van der Waals surface area (Å²) >= 11 is 13.1. The molecule has 0 N–H and O–H groups in total. The van der Waals surface area contributed by atoms with Gasteiger partial charge in [0.15, 0.2) is 10.2 Å². The standard InChI is InChI=1S/C51H44N8O5S3/c60-43-40(44(61)56(37-24-12-5-13-25-37)49(65)55(43)36-22-10-4-11-23-36)33-53-51(30-18-1-2-19-31-51)54(59-47(64)42(67-48(59)52-53)32-35-20-8-3-9-21-35)34-41-45(62)57(38-26-14-6-15-27-38)50(66)58(46(41)63)39-28-16-7-17-29-39/h3-17,20-29,32,40-41H,1-2,18-19,30-31,33-34H2/b42-32+. The molecule has 0 radical (unpaired) electrons. The quantitative estimate of drug-likeness (QED) is 0.118. The van der Waals surface area contributed by atoms with Crippen molar-refractivity contribution in [1.82, 2.24) is 9.69 Å². The normalized spacial score (nSPS) is 18.5. The number of thiocarbonyl (C=S) groups is 2. The lowest BCUT2D eigenvalue weighted by Gasteiger charge is -2.54. The third-order valence-electron chi connectivity index (χ3n) is 12.8. The van der Waals surface area contributed by atoms with Crippen LogP contribution < -0.4 is 39.5 Å². The molecule has 13 nitrogen and oxygen atoms in total. The topological polar surface area (TPSA) is 122 Å². The van der Waals surface area contributed by atoms with Crippen LogP contribution >= 0.6 is 35.8 Å². The predicted octanol–water partition coefficient (Wildman–Crippen LogP) is 6.54. The van der Waals surface area contributed by atoms with Crippen LogP contribution in [0, 0.1) is 11.8 Å². The van der Waals surface area contributed by atoms with Crippen molar-refractivity contribution in [1.29, 1.82) is 0 Å². The maximum Gasteiger partial charge on any atom is 0.289 e. The first-order chi connectivity index (χ1) is 32.7. The van der Waals surface area contributed by atoms with Gasteiger partial charge in [-0.15, -0.1) is 5.10 Å². The maximum absolute atomic E-state index is 15.2. The number of hydrogen-bond donors (Lipinski definition) is 0. The summed E-state index contributed by atoms with van der Waals surface area (Å²) in [5.41, 5.74) is 1.21. The molecule has 4 heterocycles. The molecule has 336 valence electrons. The lowest BCUT2D eigenvalue weighted by atomic mass is 9.93. The average molecular weight is 945 g/mol. The first-order valence-corrected chi connectivity index (χ1v) is 23.9. The molecule has 16 heteroatoms. The van der Waals surface area contributed by atoms with Crippen molar-refractivity contribution < 1.29 is 19.2 Å². The van der Waals surface area contributed by atoms with E-state index in [4.69, 9.17) is 29.5 Å². The molecule has 1 saturated carbocycles. The minimum atomic E-state index is -1.37. The number of carbonyl (C=O) groups is 4. The predicted molar refractivity (Wildman–Crippen MR) is 267 cm³/mol. The van der Waals surface area contributed by atoms with E-state index in [9.17, 15) is 0 Å². The van der Waals surface area contributed by atoms with E-state index in [0.717, 1.165) is 29.7 Å². The summed E-state index contributed by atoms with van der Waals surface area (Å²) in [6.07, 6.45) is 5.82. The molecule has 0 unspecified atom stereocenters. The zero-order chi connectivity index (χ0) is 46.2. The largest absolute Gasteiger partial charge is 0.289 e. The molecular formula is C51H44N8O5S3. The van der Waals surface area contributed by atoms with Crippen LogP contribution in [0.1, 0.15) is 44.1 Å².